The van der Waals surface area contributed by atoms with Gasteiger partial charge in [0.05, 0.1) is 5.25 Å². The van der Waals surface area contributed by atoms with E-state index < -0.39 is 17.3 Å². The first-order valence-electron chi connectivity index (χ1n) is 29.3. The molecule has 1 amide bonds. The Balaban J connectivity index is 4.59. The molecule has 0 aliphatic carbocycles. The maximum atomic E-state index is 12.8. The van der Waals surface area contributed by atoms with Gasteiger partial charge in [0.25, 0.3) is 0 Å². The van der Waals surface area contributed by atoms with Gasteiger partial charge in [0.1, 0.15) is 19.3 Å². The Bertz CT molecular complexity index is 1040. The van der Waals surface area contributed by atoms with Gasteiger partial charge in [-0.2, -0.15) is 0 Å². The third-order valence-corrected chi connectivity index (χ3v) is 14.7. The first-order valence-corrected chi connectivity index (χ1v) is 30.3. The van der Waals surface area contributed by atoms with Crippen LogP contribution < -0.4 is 5.32 Å². The van der Waals surface area contributed by atoms with Gasteiger partial charge >= 0.3 is 17.9 Å². The maximum Gasteiger partial charge on any atom is 0.327 e. The van der Waals surface area contributed by atoms with Crippen LogP contribution in [0.3, 0.4) is 0 Å². The van der Waals surface area contributed by atoms with Crippen molar-refractivity contribution in [3.63, 3.8) is 0 Å². The number of carboxylic acids is 1. The van der Waals surface area contributed by atoms with Crippen LogP contribution in [-0.2, 0) is 28.7 Å². The van der Waals surface area contributed by atoms with Crippen molar-refractivity contribution in [3.05, 3.63) is 0 Å². The molecule has 67 heavy (non-hydrogen) atoms. The summed E-state index contributed by atoms with van der Waals surface area (Å²) in [4.78, 5) is 50.5. The van der Waals surface area contributed by atoms with Crippen LogP contribution in [0.4, 0.5) is 0 Å². The Labute approximate surface area is 419 Å². The van der Waals surface area contributed by atoms with Crippen molar-refractivity contribution in [3.8, 4) is 0 Å². The second-order valence-corrected chi connectivity index (χ2v) is 21.5. The van der Waals surface area contributed by atoms with Gasteiger partial charge in [0, 0.05) is 25.0 Å². The number of ether oxygens (including phenoxy) is 2. The quantitative estimate of drug-likeness (QED) is 0.0457. The number of nitrogens with one attached hydrogen (secondary N) is 1. The number of carboxylic acid groups (broad SMARTS) is 1. The van der Waals surface area contributed by atoms with Gasteiger partial charge in [-0.25, -0.2) is 4.79 Å². The van der Waals surface area contributed by atoms with Gasteiger partial charge in [0.2, 0.25) is 5.91 Å². The lowest BCUT2D eigenvalue weighted by molar-refractivity contribution is -0.146. The fourth-order valence-electron chi connectivity index (χ4n) is 8.92. The summed E-state index contributed by atoms with van der Waals surface area (Å²) in [6, 6.07) is -1.07. The minimum Gasteiger partial charge on any atom is -0.480 e. The molecule has 0 radical (unpaired) electrons. The van der Waals surface area contributed by atoms with Crippen molar-refractivity contribution >= 4 is 35.6 Å². The number of rotatable bonds is 55. The highest BCUT2D eigenvalue weighted by molar-refractivity contribution is 8.00. The van der Waals surface area contributed by atoms with Crippen molar-refractivity contribution in [2.24, 2.45) is 0 Å². The summed E-state index contributed by atoms with van der Waals surface area (Å²) in [5.74, 6) is -1.80. The average Bonchev–Trinajstić information content (AvgIpc) is 3.32. The first-order chi connectivity index (χ1) is 32.8. The molecule has 0 rings (SSSR count). The van der Waals surface area contributed by atoms with Crippen molar-refractivity contribution in [2.45, 2.75) is 327 Å². The Morgan fingerprint density at radius 1 is 0.373 bits per heavy atom. The summed E-state index contributed by atoms with van der Waals surface area (Å²) in [5.41, 5.74) is 0. The molecule has 8 nitrogen and oxygen atoms in total. The van der Waals surface area contributed by atoms with Crippen LogP contribution in [0, 0.1) is 0 Å². The summed E-state index contributed by atoms with van der Waals surface area (Å²) in [6.45, 7) is 6.86. The van der Waals surface area contributed by atoms with E-state index in [0.29, 0.717) is 19.3 Å². The van der Waals surface area contributed by atoms with Crippen molar-refractivity contribution in [1.82, 2.24) is 5.32 Å². The molecule has 0 aliphatic rings. The zero-order chi connectivity index (χ0) is 48.9. The van der Waals surface area contributed by atoms with E-state index in [1.54, 1.807) is 0 Å². The lowest BCUT2D eigenvalue weighted by atomic mass is 10.0. The standard InChI is InChI=1S/C58H111NO7S/c1-4-7-10-13-16-19-22-25-27-30-33-36-39-42-45-48-56(61)65-50-53(51-66-57(62)49-46-43-40-37-34-31-28-26-23-20-17-14-11-8-5-2)67-52-54(58(63)64)59-55(60)47-44-41-38-35-32-29-24-21-18-15-12-9-6-3/h53-54H,4-52H2,1-3H3,(H,59,60)(H,63,64)/t54-/m0/s1. The zero-order valence-electron chi connectivity index (χ0n) is 44.6. The summed E-state index contributed by atoms with van der Waals surface area (Å²) in [6.07, 6.45) is 54.8. The number of amides is 1. The van der Waals surface area contributed by atoms with Gasteiger partial charge in [-0.3, -0.25) is 14.4 Å². The van der Waals surface area contributed by atoms with E-state index in [4.69, 9.17) is 9.47 Å². The van der Waals surface area contributed by atoms with Gasteiger partial charge in [0.15, 0.2) is 0 Å². The van der Waals surface area contributed by atoms with Crippen molar-refractivity contribution in [1.29, 1.82) is 0 Å². The highest BCUT2D eigenvalue weighted by atomic mass is 32.2. The lowest BCUT2D eigenvalue weighted by Crippen LogP contribution is -2.43. The normalized spacial score (nSPS) is 11.9. The molecule has 0 bridgehead atoms. The van der Waals surface area contributed by atoms with E-state index in [1.807, 2.05) is 0 Å². The second-order valence-electron chi connectivity index (χ2n) is 20.2. The molecular weight excluding hydrogens is 855 g/mol. The number of aliphatic carboxylic acids is 1. The van der Waals surface area contributed by atoms with E-state index in [2.05, 4.69) is 26.1 Å². The number of unbranched alkanes of at least 4 members (excludes halogenated alkanes) is 40. The van der Waals surface area contributed by atoms with E-state index >= 15 is 0 Å². The summed E-state index contributed by atoms with van der Waals surface area (Å²) in [7, 11) is 0. The van der Waals surface area contributed by atoms with Crippen LogP contribution >= 0.6 is 11.8 Å². The van der Waals surface area contributed by atoms with Gasteiger partial charge < -0.3 is 19.9 Å². The topological polar surface area (TPSA) is 119 Å². The van der Waals surface area contributed by atoms with Crippen LogP contribution in [-0.4, -0.2) is 59.2 Å². The first kappa shape index (κ1) is 65.2. The molecule has 0 unspecified atom stereocenters. The molecule has 0 saturated heterocycles. The largest absolute Gasteiger partial charge is 0.480 e. The molecule has 2 N–H and O–H groups in total. The van der Waals surface area contributed by atoms with Crippen molar-refractivity contribution < 1.29 is 33.8 Å². The van der Waals surface area contributed by atoms with Gasteiger partial charge in [-0.15, -0.1) is 11.8 Å². The Kier molecular flexibility index (Phi) is 52.2. The minimum absolute atomic E-state index is 0.0354. The van der Waals surface area contributed by atoms with E-state index in [0.717, 1.165) is 57.8 Å². The number of hydrogen-bond acceptors (Lipinski definition) is 7. The monoisotopic (exact) mass is 966 g/mol. The zero-order valence-corrected chi connectivity index (χ0v) is 45.4. The van der Waals surface area contributed by atoms with Crippen LogP contribution in [0.15, 0.2) is 0 Å². The van der Waals surface area contributed by atoms with E-state index in [-0.39, 0.29) is 36.8 Å². The molecular formula is C58H111NO7S. The van der Waals surface area contributed by atoms with Crippen LogP contribution in [0.25, 0.3) is 0 Å². The highest BCUT2D eigenvalue weighted by Crippen LogP contribution is 2.19. The van der Waals surface area contributed by atoms with Crippen LogP contribution in [0.2, 0.25) is 0 Å². The van der Waals surface area contributed by atoms with Crippen LogP contribution in [0.5, 0.6) is 0 Å². The molecule has 0 fully saturated rings. The number of carbonyl (C=O) groups excluding carboxylic acids is 3. The molecule has 0 aromatic heterocycles. The predicted molar refractivity (Wildman–Crippen MR) is 287 cm³/mol. The molecule has 0 aromatic rings. The molecule has 9 heteroatoms. The number of hydrogen-bond donors (Lipinski definition) is 2. The summed E-state index contributed by atoms with van der Waals surface area (Å²) >= 11 is 1.28. The molecule has 0 heterocycles. The molecule has 0 saturated carbocycles. The average molecular weight is 967 g/mol. The van der Waals surface area contributed by atoms with Crippen LogP contribution in [0.1, 0.15) is 316 Å². The maximum absolute atomic E-state index is 12.8. The number of thioether (sulfide) groups is 1. The molecule has 1 atom stereocenters. The van der Waals surface area contributed by atoms with Gasteiger partial charge in [-0.1, -0.05) is 278 Å². The molecule has 0 aromatic carbocycles. The Morgan fingerprint density at radius 3 is 0.866 bits per heavy atom. The fourth-order valence-corrected chi connectivity index (χ4v) is 9.94. The third-order valence-electron chi connectivity index (χ3n) is 13.5. The second kappa shape index (κ2) is 53.6. The number of carbonyl (C=O) groups is 4. The molecule has 396 valence electrons. The number of esters is 2. The Hall–Kier alpha value is -1.77. The minimum atomic E-state index is -1.10. The third kappa shape index (κ3) is 50.4. The summed E-state index contributed by atoms with van der Waals surface area (Å²) in [5, 5.41) is 12.3. The van der Waals surface area contributed by atoms with E-state index in [9.17, 15) is 24.3 Å². The molecule has 0 spiro atoms. The fraction of sp³-hybridized carbons (Fsp3) is 0.931. The van der Waals surface area contributed by atoms with Crippen molar-refractivity contribution in [2.75, 3.05) is 19.0 Å². The SMILES string of the molecule is CCCCCCCCCCCCCCCCCC(=O)OCC(COC(=O)CCCCCCCCCCCCCCCCC)SC[C@H](NC(=O)CCCCCCCCCCCCCCC)C(=O)O. The highest BCUT2D eigenvalue weighted by Gasteiger charge is 2.24. The smallest absolute Gasteiger partial charge is 0.327 e. The lowest BCUT2D eigenvalue weighted by Gasteiger charge is -2.20. The Morgan fingerprint density at radius 2 is 0.612 bits per heavy atom. The summed E-state index contributed by atoms with van der Waals surface area (Å²) < 4.78 is 11.3. The molecule has 0 aliphatic heterocycles. The van der Waals surface area contributed by atoms with Gasteiger partial charge in [-0.05, 0) is 19.3 Å². The predicted octanol–water partition coefficient (Wildman–Crippen LogP) is 17.7. The van der Waals surface area contributed by atoms with E-state index in [1.165, 1.54) is 230 Å².